The molecule has 0 bridgehead atoms. The van der Waals surface area contributed by atoms with E-state index in [-0.39, 0.29) is 5.91 Å². The maximum Gasteiger partial charge on any atom is 0.272 e. The molecule has 0 fully saturated rings. The van der Waals surface area contributed by atoms with Gasteiger partial charge in [0.2, 0.25) is 0 Å². The lowest BCUT2D eigenvalue weighted by Gasteiger charge is -2.17. The quantitative estimate of drug-likeness (QED) is 0.910. The summed E-state index contributed by atoms with van der Waals surface area (Å²) in [7, 11) is 3.60. The zero-order valence-electron chi connectivity index (χ0n) is 12.8. The van der Waals surface area contributed by atoms with Gasteiger partial charge in [0, 0.05) is 27.2 Å². The van der Waals surface area contributed by atoms with Gasteiger partial charge in [-0.3, -0.25) is 9.48 Å². The molecular weight excluding hydrogens is 264 g/mol. The summed E-state index contributed by atoms with van der Waals surface area (Å²) in [6, 6.07) is 9.85. The summed E-state index contributed by atoms with van der Waals surface area (Å²) in [5, 5.41) is 4.32. The van der Waals surface area contributed by atoms with E-state index >= 15 is 0 Å². The fraction of sp³-hybridized carbons (Fsp3) is 0.375. The maximum atomic E-state index is 12.5. The van der Waals surface area contributed by atoms with Crippen LogP contribution in [0.25, 0.3) is 0 Å². The van der Waals surface area contributed by atoms with Crippen LogP contribution in [0.3, 0.4) is 0 Å². The van der Waals surface area contributed by atoms with Crippen LogP contribution in [0.15, 0.2) is 30.3 Å². The summed E-state index contributed by atoms with van der Waals surface area (Å²) in [6.07, 6.45) is 0.823. The fourth-order valence-electron chi connectivity index (χ4n) is 2.30. The van der Waals surface area contributed by atoms with Gasteiger partial charge in [-0.25, -0.2) is 0 Å². The fourth-order valence-corrected chi connectivity index (χ4v) is 2.30. The van der Waals surface area contributed by atoms with Gasteiger partial charge >= 0.3 is 0 Å². The first-order valence-electron chi connectivity index (χ1n) is 7.11. The van der Waals surface area contributed by atoms with Crippen molar-refractivity contribution in [3.8, 4) is 0 Å². The molecule has 0 aliphatic heterocycles. The minimum atomic E-state index is -0.0251. The van der Waals surface area contributed by atoms with Crippen LogP contribution in [0.5, 0.6) is 0 Å². The molecule has 2 rings (SSSR count). The predicted molar refractivity (Wildman–Crippen MR) is 82.7 cm³/mol. The van der Waals surface area contributed by atoms with Gasteiger partial charge in [-0.2, -0.15) is 5.10 Å². The number of carbonyl (C=O) groups excluding carboxylic acids is 1. The van der Waals surface area contributed by atoms with E-state index in [2.05, 4.69) is 5.10 Å². The Morgan fingerprint density at radius 3 is 2.67 bits per heavy atom. The van der Waals surface area contributed by atoms with E-state index in [4.69, 9.17) is 5.73 Å². The molecule has 5 heteroatoms. The van der Waals surface area contributed by atoms with Gasteiger partial charge in [-0.05, 0) is 23.6 Å². The van der Waals surface area contributed by atoms with Gasteiger partial charge in [-0.1, -0.05) is 31.2 Å². The minimum Gasteiger partial charge on any atom is -0.336 e. The lowest BCUT2D eigenvalue weighted by Crippen LogP contribution is -2.28. The third kappa shape index (κ3) is 3.49. The highest BCUT2D eigenvalue weighted by Crippen LogP contribution is 2.11. The number of hydrogen-bond donors (Lipinski definition) is 1. The number of rotatable bonds is 5. The van der Waals surface area contributed by atoms with Gasteiger partial charge in [0.25, 0.3) is 5.91 Å². The number of hydrogen-bond acceptors (Lipinski definition) is 3. The predicted octanol–water partition coefficient (Wildman–Crippen LogP) is 1.71. The first-order chi connectivity index (χ1) is 10.0. The molecule has 0 atom stereocenters. The van der Waals surface area contributed by atoms with Crippen molar-refractivity contribution in [2.75, 3.05) is 7.05 Å². The highest BCUT2D eigenvalue weighted by molar-refractivity contribution is 5.92. The highest BCUT2D eigenvalue weighted by Gasteiger charge is 2.17. The molecule has 5 nitrogen and oxygen atoms in total. The number of nitrogens with zero attached hydrogens (tertiary/aromatic N) is 3. The molecule has 0 aliphatic carbocycles. The average Bonchev–Trinajstić information content (AvgIpc) is 2.87. The number of amides is 1. The lowest BCUT2D eigenvalue weighted by atomic mass is 10.1. The smallest absolute Gasteiger partial charge is 0.272 e. The van der Waals surface area contributed by atoms with Crippen molar-refractivity contribution in [2.45, 2.75) is 26.4 Å². The minimum absolute atomic E-state index is 0.0251. The van der Waals surface area contributed by atoms with E-state index in [1.54, 1.807) is 23.7 Å². The Labute approximate surface area is 125 Å². The molecule has 1 amide bonds. The molecule has 0 radical (unpaired) electrons. The Kier molecular flexibility index (Phi) is 4.75. The van der Waals surface area contributed by atoms with Crippen LogP contribution in [-0.2, 0) is 26.6 Å². The second-order valence-corrected chi connectivity index (χ2v) is 5.18. The average molecular weight is 286 g/mol. The van der Waals surface area contributed by atoms with Gasteiger partial charge < -0.3 is 10.6 Å². The molecule has 0 saturated heterocycles. The molecule has 112 valence electrons. The Hall–Kier alpha value is -2.14. The maximum absolute atomic E-state index is 12.5. The Morgan fingerprint density at radius 2 is 2.05 bits per heavy atom. The van der Waals surface area contributed by atoms with Gasteiger partial charge in [0.1, 0.15) is 5.69 Å². The van der Waals surface area contributed by atoms with E-state index in [1.807, 2.05) is 37.3 Å². The molecule has 2 N–H and O–H groups in total. The molecule has 0 aliphatic rings. The van der Waals surface area contributed by atoms with E-state index in [9.17, 15) is 4.79 Å². The van der Waals surface area contributed by atoms with Crippen molar-refractivity contribution in [3.63, 3.8) is 0 Å². The summed E-state index contributed by atoms with van der Waals surface area (Å²) >= 11 is 0. The first kappa shape index (κ1) is 15.3. The van der Waals surface area contributed by atoms with Gasteiger partial charge in [0.05, 0.1) is 5.69 Å². The third-order valence-corrected chi connectivity index (χ3v) is 3.51. The highest BCUT2D eigenvalue weighted by atomic mass is 16.2. The van der Waals surface area contributed by atoms with E-state index in [0.29, 0.717) is 18.8 Å². The molecule has 2 aromatic rings. The molecule has 0 unspecified atom stereocenters. The second-order valence-electron chi connectivity index (χ2n) is 5.18. The van der Waals surface area contributed by atoms with Crippen LogP contribution in [0.2, 0.25) is 0 Å². The normalized spacial score (nSPS) is 10.7. The standard InChI is InChI=1S/C16H22N4O/c1-4-14-9-15(20(3)18-14)16(21)19(2)11-13-7-5-6-12(8-13)10-17/h5-9H,4,10-11,17H2,1-3H3. The van der Waals surface area contributed by atoms with E-state index in [1.165, 1.54) is 0 Å². The summed E-state index contributed by atoms with van der Waals surface area (Å²) in [5.74, 6) is -0.0251. The number of carbonyl (C=O) groups is 1. The van der Waals surface area contributed by atoms with Gasteiger partial charge in [-0.15, -0.1) is 0 Å². The zero-order valence-corrected chi connectivity index (χ0v) is 12.8. The van der Waals surface area contributed by atoms with Crippen LogP contribution < -0.4 is 5.73 Å². The van der Waals surface area contributed by atoms with Crippen molar-refractivity contribution >= 4 is 5.91 Å². The Bertz CT molecular complexity index is 633. The van der Waals surface area contributed by atoms with Crippen molar-refractivity contribution < 1.29 is 4.79 Å². The van der Waals surface area contributed by atoms with Crippen LogP contribution in [0.1, 0.15) is 34.2 Å². The molecule has 21 heavy (non-hydrogen) atoms. The Balaban J connectivity index is 2.13. The number of benzene rings is 1. The SMILES string of the molecule is CCc1cc(C(=O)N(C)Cc2cccc(CN)c2)n(C)n1. The number of aromatic nitrogens is 2. The van der Waals surface area contributed by atoms with Crippen LogP contribution in [0, 0.1) is 0 Å². The molecule has 1 aromatic heterocycles. The largest absolute Gasteiger partial charge is 0.336 e. The summed E-state index contributed by atoms with van der Waals surface area (Å²) in [6.45, 7) is 3.09. The monoisotopic (exact) mass is 286 g/mol. The summed E-state index contributed by atoms with van der Waals surface area (Å²) in [4.78, 5) is 14.2. The molecule has 0 saturated carbocycles. The van der Waals surface area contributed by atoms with Crippen molar-refractivity contribution in [3.05, 3.63) is 52.8 Å². The van der Waals surface area contributed by atoms with Crippen molar-refractivity contribution in [2.24, 2.45) is 12.8 Å². The second kappa shape index (κ2) is 6.54. The first-order valence-corrected chi connectivity index (χ1v) is 7.11. The van der Waals surface area contributed by atoms with Crippen LogP contribution in [-0.4, -0.2) is 27.6 Å². The molecule has 1 heterocycles. The van der Waals surface area contributed by atoms with Crippen molar-refractivity contribution in [1.29, 1.82) is 0 Å². The molecule has 0 spiro atoms. The molecular formula is C16H22N4O. The van der Waals surface area contributed by atoms with E-state index < -0.39 is 0 Å². The van der Waals surface area contributed by atoms with Crippen LogP contribution in [0.4, 0.5) is 0 Å². The zero-order chi connectivity index (χ0) is 15.4. The third-order valence-electron chi connectivity index (χ3n) is 3.51. The Morgan fingerprint density at radius 1 is 1.33 bits per heavy atom. The summed E-state index contributed by atoms with van der Waals surface area (Å²) in [5.41, 5.74) is 9.34. The molecule has 1 aromatic carbocycles. The van der Waals surface area contributed by atoms with Gasteiger partial charge in [0.15, 0.2) is 0 Å². The van der Waals surface area contributed by atoms with Crippen LogP contribution >= 0.6 is 0 Å². The lowest BCUT2D eigenvalue weighted by molar-refractivity contribution is 0.0774. The summed E-state index contributed by atoms with van der Waals surface area (Å²) < 4.78 is 1.65. The number of aryl methyl sites for hydroxylation is 2. The topological polar surface area (TPSA) is 64.2 Å². The van der Waals surface area contributed by atoms with E-state index in [0.717, 1.165) is 23.2 Å². The van der Waals surface area contributed by atoms with Crippen molar-refractivity contribution in [1.82, 2.24) is 14.7 Å². The number of nitrogens with two attached hydrogens (primary N) is 1.